The molecule has 0 atom stereocenters. The van der Waals surface area contributed by atoms with Gasteiger partial charge in [0.15, 0.2) is 0 Å². The van der Waals surface area contributed by atoms with E-state index in [4.69, 9.17) is 0 Å². The standard InChI is InChI=1S/C10H21NO/c1-6-11(5)9(12)7-8-10(2,3)4/h6-8H2,1-5H3. The molecule has 0 N–H and O–H groups in total. The van der Waals surface area contributed by atoms with Crippen LogP contribution < -0.4 is 0 Å². The number of amides is 1. The van der Waals surface area contributed by atoms with Crippen LogP contribution in [0.4, 0.5) is 0 Å². The molecule has 0 heterocycles. The van der Waals surface area contributed by atoms with Crippen molar-refractivity contribution in [3.05, 3.63) is 0 Å². The van der Waals surface area contributed by atoms with Crippen molar-refractivity contribution in [1.82, 2.24) is 4.90 Å². The summed E-state index contributed by atoms with van der Waals surface area (Å²) in [6.45, 7) is 9.28. The van der Waals surface area contributed by atoms with Gasteiger partial charge in [0.05, 0.1) is 0 Å². The maximum absolute atomic E-state index is 11.3. The smallest absolute Gasteiger partial charge is 0.222 e. The van der Waals surface area contributed by atoms with Crippen molar-refractivity contribution in [3.63, 3.8) is 0 Å². The normalized spacial score (nSPS) is 11.4. The number of carbonyl (C=O) groups is 1. The summed E-state index contributed by atoms with van der Waals surface area (Å²) < 4.78 is 0. The molecular formula is C10H21NO. The maximum atomic E-state index is 11.3. The Bertz CT molecular complexity index is 146. The molecule has 0 aromatic carbocycles. The number of nitrogens with zero attached hydrogens (tertiary/aromatic N) is 1. The Balaban J connectivity index is 3.72. The minimum atomic E-state index is 0.257. The first-order valence-electron chi connectivity index (χ1n) is 4.61. The van der Waals surface area contributed by atoms with Crippen LogP contribution in [0.25, 0.3) is 0 Å². The van der Waals surface area contributed by atoms with Gasteiger partial charge in [0.2, 0.25) is 5.91 Å². The SMILES string of the molecule is CCN(C)C(=O)CCC(C)(C)C. The number of hydrogen-bond acceptors (Lipinski definition) is 1. The molecule has 0 aliphatic carbocycles. The highest BCUT2D eigenvalue weighted by Gasteiger charge is 2.14. The van der Waals surface area contributed by atoms with Crippen LogP contribution in [-0.2, 0) is 4.79 Å². The molecule has 72 valence electrons. The van der Waals surface area contributed by atoms with Crippen LogP contribution >= 0.6 is 0 Å². The molecule has 2 heteroatoms. The molecule has 0 aromatic rings. The molecule has 0 bridgehead atoms. The Morgan fingerprint density at radius 1 is 1.33 bits per heavy atom. The van der Waals surface area contributed by atoms with E-state index in [0.717, 1.165) is 13.0 Å². The third-order valence-corrected chi connectivity index (χ3v) is 1.99. The van der Waals surface area contributed by atoms with Gasteiger partial charge in [-0.1, -0.05) is 20.8 Å². The van der Waals surface area contributed by atoms with Crippen LogP contribution in [0.1, 0.15) is 40.5 Å². The zero-order chi connectivity index (χ0) is 9.78. The Morgan fingerprint density at radius 2 is 1.83 bits per heavy atom. The van der Waals surface area contributed by atoms with Gasteiger partial charge < -0.3 is 4.90 Å². The van der Waals surface area contributed by atoms with E-state index in [1.165, 1.54) is 0 Å². The second kappa shape index (κ2) is 4.48. The van der Waals surface area contributed by atoms with Crippen molar-refractivity contribution in [2.24, 2.45) is 5.41 Å². The first-order chi connectivity index (χ1) is 5.37. The van der Waals surface area contributed by atoms with E-state index in [1.54, 1.807) is 4.90 Å². The van der Waals surface area contributed by atoms with Crippen molar-refractivity contribution in [1.29, 1.82) is 0 Å². The maximum Gasteiger partial charge on any atom is 0.222 e. The fourth-order valence-electron chi connectivity index (χ4n) is 0.849. The lowest BCUT2D eigenvalue weighted by Gasteiger charge is -2.20. The van der Waals surface area contributed by atoms with Gasteiger partial charge in [-0.25, -0.2) is 0 Å². The number of rotatable bonds is 3. The Labute approximate surface area is 75.9 Å². The molecule has 0 aliphatic rings. The van der Waals surface area contributed by atoms with E-state index < -0.39 is 0 Å². The summed E-state index contributed by atoms with van der Waals surface area (Å²) >= 11 is 0. The molecule has 12 heavy (non-hydrogen) atoms. The predicted octanol–water partition coefficient (Wildman–Crippen LogP) is 2.29. The van der Waals surface area contributed by atoms with Crippen molar-refractivity contribution in [3.8, 4) is 0 Å². The lowest BCUT2D eigenvalue weighted by Crippen LogP contribution is -2.27. The lowest BCUT2D eigenvalue weighted by molar-refractivity contribution is -0.130. The molecule has 0 spiro atoms. The minimum Gasteiger partial charge on any atom is -0.346 e. The van der Waals surface area contributed by atoms with Gasteiger partial charge in [0.25, 0.3) is 0 Å². The molecule has 1 amide bonds. The fraction of sp³-hybridized carbons (Fsp3) is 0.900. The highest BCUT2D eigenvalue weighted by Crippen LogP contribution is 2.20. The molecule has 0 rings (SSSR count). The van der Waals surface area contributed by atoms with Gasteiger partial charge in [0.1, 0.15) is 0 Å². The molecule has 0 saturated carbocycles. The van der Waals surface area contributed by atoms with Gasteiger partial charge in [-0.3, -0.25) is 4.79 Å². The van der Waals surface area contributed by atoms with Gasteiger partial charge in [-0.15, -0.1) is 0 Å². The first-order valence-corrected chi connectivity index (χ1v) is 4.61. The molecule has 0 radical (unpaired) electrons. The summed E-state index contributed by atoms with van der Waals surface area (Å²) in [5.41, 5.74) is 0.268. The van der Waals surface area contributed by atoms with E-state index in [2.05, 4.69) is 20.8 Å². The lowest BCUT2D eigenvalue weighted by atomic mass is 9.90. The van der Waals surface area contributed by atoms with Gasteiger partial charge in [0, 0.05) is 20.0 Å². The second-order valence-electron chi connectivity index (χ2n) is 4.47. The van der Waals surface area contributed by atoms with E-state index in [-0.39, 0.29) is 11.3 Å². The summed E-state index contributed by atoms with van der Waals surface area (Å²) in [6.07, 6.45) is 1.64. The van der Waals surface area contributed by atoms with Crippen LogP contribution in [0.3, 0.4) is 0 Å². The highest BCUT2D eigenvalue weighted by atomic mass is 16.2. The molecular weight excluding hydrogens is 150 g/mol. The summed E-state index contributed by atoms with van der Waals surface area (Å²) in [5, 5.41) is 0. The van der Waals surface area contributed by atoms with Crippen LogP contribution in [-0.4, -0.2) is 24.4 Å². The van der Waals surface area contributed by atoms with Gasteiger partial charge in [-0.2, -0.15) is 0 Å². The quantitative estimate of drug-likeness (QED) is 0.638. The third kappa shape index (κ3) is 5.16. The van der Waals surface area contributed by atoms with Crippen LogP contribution in [0, 0.1) is 5.41 Å². The van der Waals surface area contributed by atoms with Crippen LogP contribution in [0.2, 0.25) is 0 Å². The van der Waals surface area contributed by atoms with Crippen LogP contribution in [0.5, 0.6) is 0 Å². The molecule has 0 unspecified atom stereocenters. The van der Waals surface area contributed by atoms with Crippen molar-refractivity contribution in [2.45, 2.75) is 40.5 Å². The summed E-state index contributed by atoms with van der Waals surface area (Å²) in [5.74, 6) is 0.257. The predicted molar refractivity (Wildman–Crippen MR) is 52.0 cm³/mol. The Hall–Kier alpha value is -0.530. The zero-order valence-electron chi connectivity index (χ0n) is 8.98. The first kappa shape index (κ1) is 11.5. The number of carbonyl (C=O) groups excluding carboxylic acids is 1. The monoisotopic (exact) mass is 171 g/mol. The average molecular weight is 171 g/mol. The summed E-state index contributed by atoms with van der Waals surface area (Å²) in [7, 11) is 1.85. The van der Waals surface area contributed by atoms with E-state index in [1.807, 2.05) is 14.0 Å². The van der Waals surface area contributed by atoms with E-state index in [0.29, 0.717) is 6.42 Å². The van der Waals surface area contributed by atoms with E-state index >= 15 is 0 Å². The van der Waals surface area contributed by atoms with Gasteiger partial charge >= 0.3 is 0 Å². The van der Waals surface area contributed by atoms with Crippen LogP contribution in [0.15, 0.2) is 0 Å². The summed E-state index contributed by atoms with van der Waals surface area (Å²) in [6, 6.07) is 0. The molecule has 0 aromatic heterocycles. The topological polar surface area (TPSA) is 20.3 Å². The fourth-order valence-corrected chi connectivity index (χ4v) is 0.849. The highest BCUT2D eigenvalue weighted by molar-refractivity contribution is 5.75. The van der Waals surface area contributed by atoms with Crippen molar-refractivity contribution in [2.75, 3.05) is 13.6 Å². The average Bonchev–Trinajstić information content (AvgIpc) is 1.97. The van der Waals surface area contributed by atoms with E-state index in [9.17, 15) is 4.79 Å². The number of hydrogen-bond donors (Lipinski definition) is 0. The zero-order valence-corrected chi connectivity index (χ0v) is 8.98. The minimum absolute atomic E-state index is 0.257. The molecule has 2 nitrogen and oxygen atoms in total. The molecule has 0 fully saturated rings. The Kier molecular flexibility index (Phi) is 4.29. The van der Waals surface area contributed by atoms with Crippen molar-refractivity contribution < 1.29 is 4.79 Å². The van der Waals surface area contributed by atoms with Crippen molar-refractivity contribution >= 4 is 5.91 Å². The third-order valence-electron chi connectivity index (χ3n) is 1.99. The Morgan fingerprint density at radius 3 is 2.17 bits per heavy atom. The second-order valence-corrected chi connectivity index (χ2v) is 4.47. The molecule has 0 aliphatic heterocycles. The van der Waals surface area contributed by atoms with Gasteiger partial charge in [-0.05, 0) is 18.8 Å². The largest absolute Gasteiger partial charge is 0.346 e. The molecule has 0 saturated heterocycles. The summed E-state index contributed by atoms with van der Waals surface area (Å²) in [4.78, 5) is 13.1.